The molecule has 2 nitrogen and oxygen atoms in total. The molecule has 1 spiro atoms. The molecule has 1 saturated heterocycles. The molecule has 0 radical (unpaired) electrons. The van der Waals surface area contributed by atoms with Crippen LogP contribution in [-0.2, 0) is 15.9 Å². The van der Waals surface area contributed by atoms with Crippen molar-refractivity contribution in [2.24, 2.45) is 0 Å². The summed E-state index contributed by atoms with van der Waals surface area (Å²) in [5.74, 6) is -0.302. The van der Waals surface area contributed by atoms with Gasteiger partial charge in [-0.15, -0.1) is 0 Å². The van der Waals surface area contributed by atoms with Gasteiger partial charge in [-0.05, 0) is 31.4 Å². The monoisotopic (exact) mass is 280 g/mol. The van der Waals surface area contributed by atoms with Crippen LogP contribution in [0, 0.1) is 0 Å². The van der Waals surface area contributed by atoms with E-state index in [2.05, 4.69) is 13.0 Å². The lowest BCUT2D eigenvalue weighted by molar-refractivity contribution is -0.192. The van der Waals surface area contributed by atoms with Gasteiger partial charge in [-0.2, -0.15) is 0 Å². The number of halogens is 1. The summed E-state index contributed by atoms with van der Waals surface area (Å²) in [7, 11) is 0. The Kier molecular flexibility index (Phi) is 3.84. The lowest BCUT2D eigenvalue weighted by Crippen LogP contribution is -2.33. The maximum atomic E-state index is 6.28. The van der Waals surface area contributed by atoms with Crippen molar-refractivity contribution in [2.75, 3.05) is 0 Å². The minimum Gasteiger partial charge on any atom is -0.344 e. The minimum absolute atomic E-state index is 0.123. The Morgan fingerprint density at radius 2 is 1.89 bits per heavy atom. The first-order valence-corrected chi connectivity index (χ1v) is 7.65. The largest absolute Gasteiger partial charge is 0.344 e. The molecule has 1 aromatic carbocycles. The van der Waals surface area contributed by atoms with Crippen molar-refractivity contribution >= 4 is 11.6 Å². The molecular formula is C16H21ClO2. The summed E-state index contributed by atoms with van der Waals surface area (Å²) in [6.45, 7) is 2.12. The highest BCUT2D eigenvalue weighted by Gasteiger charge is 2.46. The van der Waals surface area contributed by atoms with Gasteiger partial charge in [0.25, 0.3) is 0 Å². The van der Waals surface area contributed by atoms with E-state index in [1.165, 1.54) is 19.3 Å². The molecule has 1 aliphatic heterocycles. The Morgan fingerprint density at radius 3 is 2.63 bits per heavy atom. The molecule has 104 valence electrons. The predicted molar refractivity (Wildman–Crippen MR) is 76.4 cm³/mol. The van der Waals surface area contributed by atoms with Crippen LogP contribution in [0.3, 0.4) is 0 Å². The highest BCUT2D eigenvalue weighted by Crippen LogP contribution is 2.41. The fourth-order valence-corrected chi connectivity index (χ4v) is 3.44. The molecule has 3 heteroatoms. The molecule has 19 heavy (non-hydrogen) atoms. The zero-order valence-corrected chi connectivity index (χ0v) is 12.2. The topological polar surface area (TPSA) is 18.5 Å². The van der Waals surface area contributed by atoms with Gasteiger partial charge in [-0.3, -0.25) is 0 Å². The summed E-state index contributed by atoms with van der Waals surface area (Å²) in [6, 6.07) is 8.00. The molecule has 1 saturated carbocycles. The second-order valence-corrected chi connectivity index (χ2v) is 6.15. The van der Waals surface area contributed by atoms with E-state index < -0.39 is 0 Å². The van der Waals surface area contributed by atoms with Crippen LogP contribution < -0.4 is 0 Å². The maximum absolute atomic E-state index is 6.28. The Morgan fingerprint density at radius 1 is 1.16 bits per heavy atom. The van der Waals surface area contributed by atoms with Crippen molar-refractivity contribution < 1.29 is 9.47 Å². The molecule has 1 aliphatic carbocycles. The first-order valence-electron chi connectivity index (χ1n) is 7.28. The first-order chi connectivity index (χ1) is 9.19. The normalized spacial score (nSPS) is 29.8. The lowest BCUT2D eigenvalue weighted by atomic mass is 9.94. The number of benzene rings is 1. The maximum Gasteiger partial charge on any atom is 0.169 e. The third kappa shape index (κ3) is 2.81. The van der Waals surface area contributed by atoms with Crippen LogP contribution in [0.1, 0.15) is 44.6 Å². The van der Waals surface area contributed by atoms with E-state index in [1.54, 1.807) is 0 Å². The highest BCUT2D eigenvalue weighted by molar-refractivity contribution is 6.31. The molecular weight excluding hydrogens is 260 g/mol. The van der Waals surface area contributed by atoms with Crippen LogP contribution in [0.4, 0.5) is 0 Å². The molecule has 0 amide bonds. The molecule has 0 N–H and O–H groups in total. The molecule has 2 aliphatic rings. The fourth-order valence-electron chi connectivity index (χ4n) is 3.23. The molecule has 1 heterocycles. The van der Waals surface area contributed by atoms with Crippen LogP contribution in [0.15, 0.2) is 24.3 Å². The third-order valence-electron chi connectivity index (χ3n) is 4.28. The Balaban J connectivity index is 1.70. The average Bonchev–Trinajstić information content (AvgIpc) is 2.69. The molecule has 1 aromatic rings. The smallest absolute Gasteiger partial charge is 0.169 e. The second kappa shape index (κ2) is 5.43. The third-order valence-corrected chi connectivity index (χ3v) is 4.65. The molecule has 0 bridgehead atoms. The molecule has 2 atom stereocenters. The van der Waals surface area contributed by atoms with E-state index in [1.807, 2.05) is 18.2 Å². The summed E-state index contributed by atoms with van der Waals surface area (Å²) < 4.78 is 12.4. The van der Waals surface area contributed by atoms with Crippen molar-refractivity contribution in [3.05, 3.63) is 34.9 Å². The quantitative estimate of drug-likeness (QED) is 0.802. The molecule has 3 rings (SSSR count). The van der Waals surface area contributed by atoms with Crippen molar-refractivity contribution in [1.29, 1.82) is 0 Å². The summed E-state index contributed by atoms with van der Waals surface area (Å²) in [5.41, 5.74) is 1.15. The van der Waals surface area contributed by atoms with E-state index in [0.29, 0.717) is 0 Å². The summed E-state index contributed by atoms with van der Waals surface area (Å²) in [5, 5.41) is 0.822. The van der Waals surface area contributed by atoms with Gasteiger partial charge in [0.1, 0.15) is 0 Å². The van der Waals surface area contributed by atoms with Gasteiger partial charge in [-0.25, -0.2) is 0 Å². The minimum atomic E-state index is -0.302. The van der Waals surface area contributed by atoms with Crippen LogP contribution in [0.2, 0.25) is 5.02 Å². The van der Waals surface area contributed by atoms with E-state index in [-0.39, 0.29) is 18.0 Å². The lowest BCUT2D eigenvalue weighted by Gasteiger charge is -2.32. The van der Waals surface area contributed by atoms with E-state index in [4.69, 9.17) is 21.1 Å². The first kappa shape index (κ1) is 13.4. The standard InChI is InChI=1S/C16H21ClO2/c1-12-15(11-13-7-3-4-8-14(13)17)19-16(18-12)9-5-2-6-10-16/h3-4,7-8,12,15H,2,5-6,9-11H2,1H3/t12-,15-/m0/s1. The van der Waals surface area contributed by atoms with Gasteiger partial charge in [0.15, 0.2) is 5.79 Å². The molecule has 0 unspecified atom stereocenters. The van der Waals surface area contributed by atoms with Gasteiger partial charge in [0.2, 0.25) is 0 Å². The van der Waals surface area contributed by atoms with Gasteiger partial charge in [-0.1, -0.05) is 36.2 Å². The van der Waals surface area contributed by atoms with Crippen LogP contribution >= 0.6 is 11.6 Å². The predicted octanol–water partition coefficient (Wildman–Crippen LogP) is 4.35. The van der Waals surface area contributed by atoms with Gasteiger partial charge in [0, 0.05) is 24.3 Å². The number of hydrogen-bond acceptors (Lipinski definition) is 2. The van der Waals surface area contributed by atoms with Crippen molar-refractivity contribution in [3.63, 3.8) is 0 Å². The van der Waals surface area contributed by atoms with Crippen molar-refractivity contribution in [2.45, 2.75) is 63.4 Å². The Labute approximate surface area is 120 Å². The van der Waals surface area contributed by atoms with E-state index in [9.17, 15) is 0 Å². The van der Waals surface area contributed by atoms with E-state index in [0.717, 1.165) is 29.8 Å². The zero-order chi connectivity index (χ0) is 13.3. The SMILES string of the molecule is C[C@@H]1OC2(CCCCC2)O[C@H]1Cc1ccccc1Cl. The van der Waals surface area contributed by atoms with E-state index >= 15 is 0 Å². The second-order valence-electron chi connectivity index (χ2n) is 5.75. The van der Waals surface area contributed by atoms with Crippen molar-refractivity contribution in [1.82, 2.24) is 0 Å². The molecule has 2 fully saturated rings. The fraction of sp³-hybridized carbons (Fsp3) is 0.625. The van der Waals surface area contributed by atoms with Gasteiger partial charge in [0.05, 0.1) is 12.2 Å². The van der Waals surface area contributed by atoms with Gasteiger partial charge >= 0.3 is 0 Å². The zero-order valence-electron chi connectivity index (χ0n) is 11.4. The van der Waals surface area contributed by atoms with Gasteiger partial charge < -0.3 is 9.47 Å². The summed E-state index contributed by atoms with van der Waals surface area (Å²) in [4.78, 5) is 0. The van der Waals surface area contributed by atoms with Crippen molar-refractivity contribution in [3.8, 4) is 0 Å². The Hall–Kier alpha value is -0.570. The molecule has 0 aromatic heterocycles. The van der Waals surface area contributed by atoms with Crippen LogP contribution in [0.25, 0.3) is 0 Å². The highest BCUT2D eigenvalue weighted by atomic mass is 35.5. The van der Waals surface area contributed by atoms with Crippen LogP contribution in [-0.4, -0.2) is 18.0 Å². The number of hydrogen-bond donors (Lipinski definition) is 0. The number of rotatable bonds is 2. The van der Waals surface area contributed by atoms with Crippen LogP contribution in [0.5, 0.6) is 0 Å². The summed E-state index contributed by atoms with van der Waals surface area (Å²) >= 11 is 6.23. The number of ether oxygens (including phenoxy) is 2. The summed E-state index contributed by atoms with van der Waals surface area (Å²) in [6.07, 6.45) is 6.91. The average molecular weight is 281 g/mol. The Bertz CT molecular complexity index is 440.